The summed E-state index contributed by atoms with van der Waals surface area (Å²) in [6, 6.07) is 3.89. The molecule has 1 saturated heterocycles. The maximum atomic E-state index is 11.5. The van der Waals surface area contributed by atoms with Gasteiger partial charge in [-0.25, -0.2) is 4.79 Å². The predicted octanol–water partition coefficient (Wildman–Crippen LogP) is 1.17. The van der Waals surface area contributed by atoms with Gasteiger partial charge < -0.3 is 14.0 Å². The van der Waals surface area contributed by atoms with Gasteiger partial charge in [0.1, 0.15) is 0 Å². The second-order valence-corrected chi connectivity index (χ2v) is 5.55. The average molecular weight is 309 g/mol. The number of ether oxygens (including phenoxy) is 2. The van der Waals surface area contributed by atoms with Gasteiger partial charge in [0.05, 0.1) is 25.1 Å². The van der Waals surface area contributed by atoms with Gasteiger partial charge in [-0.2, -0.15) is 4.98 Å². The van der Waals surface area contributed by atoms with Crippen LogP contribution in [0.1, 0.15) is 5.89 Å². The zero-order valence-corrected chi connectivity index (χ0v) is 12.3. The van der Waals surface area contributed by atoms with E-state index in [1.807, 2.05) is 22.4 Å². The molecule has 1 fully saturated rings. The van der Waals surface area contributed by atoms with Crippen LogP contribution in [0.5, 0.6) is 0 Å². The van der Waals surface area contributed by atoms with E-state index in [-0.39, 0.29) is 5.97 Å². The van der Waals surface area contributed by atoms with Gasteiger partial charge in [0.15, 0.2) is 6.10 Å². The topological polar surface area (TPSA) is 77.7 Å². The minimum Gasteiger partial charge on any atom is -0.467 e. The molecule has 0 radical (unpaired) electrons. The zero-order chi connectivity index (χ0) is 14.7. The van der Waals surface area contributed by atoms with Crippen molar-refractivity contribution in [3.05, 3.63) is 23.4 Å². The third-order valence-electron chi connectivity index (χ3n) is 3.18. The number of rotatable bonds is 4. The van der Waals surface area contributed by atoms with E-state index >= 15 is 0 Å². The van der Waals surface area contributed by atoms with E-state index in [9.17, 15) is 4.79 Å². The second-order valence-electron chi connectivity index (χ2n) is 4.61. The van der Waals surface area contributed by atoms with Crippen LogP contribution in [0.4, 0.5) is 0 Å². The van der Waals surface area contributed by atoms with Gasteiger partial charge in [0.25, 0.3) is 0 Å². The summed E-state index contributed by atoms with van der Waals surface area (Å²) in [6.45, 7) is 2.15. The van der Waals surface area contributed by atoms with Crippen molar-refractivity contribution < 1.29 is 18.8 Å². The van der Waals surface area contributed by atoms with Crippen molar-refractivity contribution in [3.63, 3.8) is 0 Å². The van der Waals surface area contributed by atoms with Crippen LogP contribution in [0.25, 0.3) is 10.7 Å². The smallest absolute Gasteiger partial charge is 0.336 e. The highest BCUT2D eigenvalue weighted by Gasteiger charge is 2.28. The molecule has 3 heterocycles. The summed E-state index contributed by atoms with van der Waals surface area (Å²) < 4.78 is 15.3. The Kier molecular flexibility index (Phi) is 4.28. The molecule has 1 atom stereocenters. The molecule has 3 rings (SSSR count). The molecule has 1 aliphatic rings. The second kappa shape index (κ2) is 6.33. The number of hydrogen-bond donors (Lipinski definition) is 0. The fourth-order valence-corrected chi connectivity index (χ4v) is 2.79. The van der Waals surface area contributed by atoms with E-state index in [1.54, 1.807) is 11.3 Å². The van der Waals surface area contributed by atoms with Gasteiger partial charge >= 0.3 is 5.97 Å². The Bertz CT molecular complexity index is 598. The lowest BCUT2D eigenvalue weighted by Crippen LogP contribution is -2.46. The Morgan fingerprint density at radius 3 is 3.29 bits per heavy atom. The number of hydrogen-bond acceptors (Lipinski definition) is 8. The quantitative estimate of drug-likeness (QED) is 0.785. The maximum Gasteiger partial charge on any atom is 0.336 e. The monoisotopic (exact) mass is 309 g/mol. The lowest BCUT2D eigenvalue weighted by Gasteiger charge is -2.30. The number of thiophene rings is 1. The highest BCUT2D eigenvalue weighted by Crippen LogP contribution is 2.21. The molecule has 0 aliphatic carbocycles. The van der Waals surface area contributed by atoms with Gasteiger partial charge in [0, 0.05) is 13.1 Å². The third kappa shape index (κ3) is 3.29. The Labute approximate surface area is 125 Å². The summed E-state index contributed by atoms with van der Waals surface area (Å²) in [4.78, 5) is 18.9. The van der Waals surface area contributed by atoms with Crippen molar-refractivity contribution in [2.24, 2.45) is 0 Å². The minimum atomic E-state index is -0.552. The number of carbonyl (C=O) groups excluding carboxylic acids is 1. The fourth-order valence-electron chi connectivity index (χ4n) is 2.14. The molecule has 1 unspecified atom stereocenters. The summed E-state index contributed by atoms with van der Waals surface area (Å²) in [5.74, 6) is 0.770. The maximum absolute atomic E-state index is 11.5. The molecule has 8 heteroatoms. The Hall–Kier alpha value is -1.77. The first-order valence-corrected chi connectivity index (χ1v) is 7.42. The standard InChI is InChI=1S/C13H15N3O4S/c1-18-13(17)9-7-16(4-5-19-9)8-11-14-12(15-20-11)10-3-2-6-21-10/h2-3,6,9H,4-5,7-8H2,1H3. The Balaban J connectivity index is 1.62. The van der Waals surface area contributed by atoms with E-state index in [1.165, 1.54) is 7.11 Å². The number of esters is 1. The van der Waals surface area contributed by atoms with Crippen molar-refractivity contribution in [1.82, 2.24) is 15.0 Å². The number of morpholine rings is 1. The van der Waals surface area contributed by atoms with Crippen LogP contribution < -0.4 is 0 Å². The zero-order valence-electron chi connectivity index (χ0n) is 11.5. The molecule has 7 nitrogen and oxygen atoms in total. The number of aromatic nitrogens is 2. The Morgan fingerprint density at radius 2 is 2.52 bits per heavy atom. The molecule has 0 bridgehead atoms. The van der Waals surface area contributed by atoms with Gasteiger partial charge in [-0.1, -0.05) is 11.2 Å². The van der Waals surface area contributed by atoms with Crippen LogP contribution in [0.3, 0.4) is 0 Å². The summed E-state index contributed by atoms with van der Waals surface area (Å²) in [5.41, 5.74) is 0. The molecular formula is C13H15N3O4S. The van der Waals surface area contributed by atoms with Crippen molar-refractivity contribution in [2.45, 2.75) is 12.6 Å². The van der Waals surface area contributed by atoms with Crippen LogP contribution in [0.2, 0.25) is 0 Å². The van der Waals surface area contributed by atoms with Crippen LogP contribution in [-0.4, -0.2) is 53.9 Å². The minimum absolute atomic E-state index is 0.357. The van der Waals surface area contributed by atoms with Gasteiger partial charge in [-0.15, -0.1) is 11.3 Å². The summed E-state index contributed by atoms with van der Waals surface area (Å²) in [5, 5.41) is 5.94. The van der Waals surface area contributed by atoms with Gasteiger partial charge in [-0.05, 0) is 11.4 Å². The lowest BCUT2D eigenvalue weighted by molar-refractivity contribution is -0.160. The first kappa shape index (κ1) is 14.2. The largest absolute Gasteiger partial charge is 0.467 e. The third-order valence-corrected chi connectivity index (χ3v) is 4.05. The van der Waals surface area contributed by atoms with Crippen LogP contribution >= 0.6 is 11.3 Å². The molecule has 0 saturated carbocycles. The number of methoxy groups -OCH3 is 1. The molecule has 0 N–H and O–H groups in total. The molecule has 2 aromatic heterocycles. The molecule has 0 aromatic carbocycles. The average Bonchev–Trinajstić information content (AvgIpc) is 3.17. The molecule has 112 valence electrons. The van der Waals surface area contributed by atoms with Crippen molar-refractivity contribution in [2.75, 3.05) is 26.8 Å². The van der Waals surface area contributed by atoms with E-state index < -0.39 is 6.10 Å². The van der Waals surface area contributed by atoms with E-state index in [2.05, 4.69) is 10.1 Å². The van der Waals surface area contributed by atoms with Gasteiger partial charge in [-0.3, -0.25) is 4.90 Å². The molecule has 21 heavy (non-hydrogen) atoms. The van der Waals surface area contributed by atoms with Crippen molar-refractivity contribution in [1.29, 1.82) is 0 Å². The van der Waals surface area contributed by atoms with E-state index in [4.69, 9.17) is 14.0 Å². The van der Waals surface area contributed by atoms with Gasteiger partial charge in [0.2, 0.25) is 11.7 Å². The summed E-state index contributed by atoms with van der Waals surface area (Å²) in [6.07, 6.45) is -0.552. The number of carbonyl (C=O) groups is 1. The number of nitrogens with zero attached hydrogens (tertiary/aromatic N) is 3. The Morgan fingerprint density at radius 1 is 1.62 bits per heavy atom. The molecule has 0 spiro atoms. The predicted molar refractivity (Wildman–Crippen MR) is 74.6 cm³/mol. The summed E-state index contributed by atoms with van der Waals surface area (Å²) in [7, 11) is 1.36. The highest BCUT2D eigenvalue weighted by atomic mass is 32.1. The van der Waals surface area contributed by atoms with Crippen LogP contribution in [0, 0.1) is 0 Å². The highest BCUT2D eigenvalue weighted by molar-refractivity contribution is 7.13. The van der Waals surface area contributed by atoms with Crippen LogP contribution in [-0.2, 0) is 20.8 Å². The summed E-state index contributed by atoms with van der Waals surface area (Å²) >= 11 is 1.56. The SMILES string of the molecule is COC(=O)C1CN(Cc2nc(-c3cccs3)no2)CCO1. The van der Waals surface area contributed by atoms with E-state index in [0.29, 0.717) is 38.0 Å². The fraction of sp³-hybridized carbons (Fsp3) is 0.462. The van der Waals surface area contributed by atoms with Crippen molar-refractivity contribution >= 4 is 17.3 Å². The molecule has 2 aromatic rings. The van der Waals surface area contributed by atoms with Crippen molar-refractivity contribution in [3.8, 4) is 10.7 Å². The molecular weight excluding hydrogens is 294 g/mol. The lowest BCUT2D eigenvalue weighted by atomic mass is 10.2. The van der Waals surface area contributed by atoms with Crippen LogP contribution in [0.15, 0.2) is 22.0 Å². The first-order valence-electron chi connectivity index (χ1n) is 6.54. The van der Waals surface area contributed by atoms with E-state index in [0.717, 1.165) is 4.88 Å². The molecule has 0 amide bonds. The molecule has 1 aliphatic heterocycles. The normalized spacial score (nSPS) is 19.6. The first-order chi connectivity index (χ1) is 10.3.